The van der Waals surface area contributed by atoms with E-state index in [2.05, 4.69) is 41.7 Å². The van der Waals surface area contributed by atoms with Crippen LogP contribution in [0.4, 0.5) is 0 Å². The molecule has 138 valence electrons. The number of hydrogen-bond donors (Lipinski definition) is 1. The third-order valence-electron chi connectivity index (χ3n) is 4.72. The largest absolute Gasteiger partial charge is 0.484 e. The van der Waals surface area contributed by atoms with Gasteiger partial charge < -0.3 is 14.8 Å². The first-order valence-electron chi connectivity index (χ1n) is 9.26. The van der Waals surface area contributed by atoms with E-state index in [1.165, 1.54) is 0 Å². The molecule has 1 N–H and O–H groups in total. The lowest BCUT2D eigenvalue weighted by Crippen LogP contribution is -2.30. The molecule has 1 saturated carbocycles. The summed E-state index contributed by atoms with van der Waals surface area (Å²) in [4.78, 5) is 11.9. The highest BCUT2D eigenvalue weighted by molar-refractivity contribution is 5.98. The smallest absolute Gasteiger partial charge is 0.258 e. The van der Waals surface area contributed by atoms with E-state index in [0.717, 1.165) is 40.3 Å². The Balaban J connectivity index is 1.62. The lowest BCUT2D eigenvalue weighted by atomic mass is 9.97. The van der Waals surface area contributed by atoms with E-state index in [1.807, 2.05) is 24.3 Å². The summed E-state index contributed by atoms with van der Waals surface area (Å²) in [5.74, 6) is 0.645. The number of carbonyl (C=O) groups excluding carboxylic acids is 1. The second kappa shape index (κ2) is 7.80. The van der Waals surface area contributed by atoms with Gasteiger partial charge in [0.15, 0.2) is 6.61 Å². The Morgan fingerprint density at radius 2 is 1.85 bits per heavy atom. The minimum Gasteiger partial charge on any atom is -0.484 e. The van der Waals surface area contributed by atoms with Crippen molar-refractivity contribution < 1.29 is 14.3 Å². The Kier molecular flexibility index (Phi) is 5.07. The molecule has 0 aliphatic heterocycles. The van der Waals surface area contributed by atoms with Crippen LogP contribution in [0.2, 0.25) is 0 Å². The fraction of sp³-hybridized carbons (Fsp3) is 0.261. The maximum absolute atomic E-state index is 11.9. The van der Waals surface area contributed by atoms with Gasteiger partial charge >= 0.3 is 0 Å². The van der Waals surface area contributed by atoms with E-state index < -0.39 is 0 Å². The van der Waals surface area contributed by atoms with Crippen LogP contribution >= 0.6 is 0 Å². The van der Waals surface area contributed by atoms with Crippen LogP contribution in [-0.4, -0.2) is 25.7 Å². The van der Waals surface area contributed by atoms with Gasteiger partial charge in [-0.15, -0.1) is 0 Å². The van der Waals surface area contributed by atoms with Crippen LogP contribution in [0.3, 0.4) is 0 Å². The first kappa shape index (κ1) is 17.6. The van der Waals surface area contributed by atoms with E-state index in [0.29, 0.717) is 18.4 Å². The van der Waals surface area contributed by atoms with Gasteiger partial charge in [0.05, 0.1) is 6.61 Å². The minimum absolute atomic E-state index is 0.0427. The second-order valence-electron chi connectivity index (χ2n) is 6.95. The number of hydrogen-bond acceptors (Lipinski definition) is 3. The Hall–Kier alpha value is -2.85. The third-order valence-corrected chi connectivity index (χ3v) is 4.72. The van der Waals surface area contributed by atoms with E-state index in [4.69, 9.17) is 9.47 Å². The zero-order valence-electron chi connectivity index (χ0n) is 15.4. The zero-order chi connectivity index (χ0) is 18.6. The highest BCUT2D eigenvalue weighted by atomic mass is 16.5. The summed E-state index contributed by atoms with van der Waals surface area (Å²) in [6.07, 6.45) is 2.15. The molecule has 0 saturated heterocycles. The van der Waals surface area contributed by atoms with Gasteiger partial charge in [-0.2, -0.15) is 0 Å². The molecule has 3 aromatic carbocycles. The molecule has 1 aliphatic rings. The van der Waals surface area contributed by atoms with Crippen molar-refractivity contribution in [2.24, 2.45) is 0 Å². The van der Waals surface area contributed by atoms with Gasteiger partial charge in [-0.25, -0.2) is 0 Å². The normalized spacial score (nSPS) is 13.5. The Labute approximate surface area is 159 Å². The summed E-state index contributed by atoms with van der Waals surface area (Å²) in [6.45, 7) is 0.640. The van der Waals surface area contributed by atoms with Crippen LogP contribution in [0, 0.1) is 0 Å². The average Bonchev–Trinajstić information content (AvgIpc) is 3.50. The zero-order valence-corrected chi connectivity index (χ0v) is 15.4. The average molecular weight is 361 g/mol. The fourth-order valence-electron chi connectivity index (χ4n) is 3.20. The highest BCUT2D eigenvalue weighted by Crippen LogP contribution is 2.33. The van der Waals surface area contributed by atoms with Crippen molar-refractivity contribution in [3.8, 4) is 16.9 Å². The molecule has 0 aromatic heterocycles. The summed E-state index contributed by atoms with van der Waals surface area (Å²) in [5, 5.41) is 5.20. The van der Waals surface area contributed by atoms with Crippen molar-refractivity contribution >= 4 is 16.7 Å². The van der Waals surface area contributed by atoms with E-state index in [-0.39, 0.29) is 12.5 Å². The van der Waals surface area contributed by atoms with Gasteiger partial charge in [0, 0.05) is 13.2 Å². The monoisotopic (exact) mass is 361 g/mol. The molecule has 1 fully saturated rings. The molecular formula is C23H23NO3. The van der Waals surface area contributed by atoms with E-state index >= 15 is 0 Å². The Morgan fingerprint density at radius 1 is 1.07 bits per heavy atom. The van der Waals surface area contributed by atoms with Crippen molar-refractivity contribution in [2.45, 2.75) is 25.5 Å². The molecule has 0 heterocycles. The number of benzene rings is 3. The molecule has 0 spiro atoms. The number of nitrogens with one attached hydrogen (secondary N) is 1. The molecule has 4 heteroatoms. The van der Waals surface area contributed by atoms with Crippen molar-refractivity contribution in [3.05, 3.63) is 66.2 Å². The van der Waals surface area contributed by atoms with E-state index in [1.54, 1.807) is 7.11 Å². The number of fused-ring (bicyclic) bond motifs is 1. The van der Waals surface area contributed by atoms with Crippen LogP contribution in [0.15, 0.2) is 60.7 Å². The van der Waals surface area contributed by atoms with Crippen LogP contribution in [-0.2, 0) is 16.1 Å². The van der Waals surface area contributed by atoms with Gasteiger partial charge in [-0.3, -0.25) is 4.79 Å². The number of methoxy groups -OCH3 is 1. The van der Waals surface area contributed by atoms with Gasteiger partial charge in [0.25, 0.3) is 5.91 Å². The van der Waals surface area contributed by atoms with Gasteiger partial charge in [0.1, 0.15) is 5.75 Å². The minimum atomic E-state index is -0.0591. The van der Waals surface area contributed by atoms with Crippen LogP contribution in [0.1, 0.15) is 18.4 Å². The van der Waals surface area contributed by atoms with Crippen molar-refractivity contribution in [1.82, 2.24) is 5.32 Å². The molecule has 1 amide bonds. The lowest BCUT2D eigenvalue weighted by Gasteiger charge is -2.12. The molecule has 27 heavy (non-hydrogen) atoms. The summed E-state index contributed by atoms with van der Waals surface area (Å²) in [5.41, 5.74) is 3.34. The molecule has 4 rings (SSSR count). The maximum Gasteiger partial charge on any atom is 0.258 e. The van der Waals surface area contributed by atoms with Crippen molar-refractivity contribution in [1.29, 1.82) is 0 Å². The lowest BCUT2D eigenvalue weighted by molar-refractivity contribution is -0.123. The molecule has 0 unspecified atom stereocenters. The standard InChI is InChI=1S/C23H23NO3/c1-26-14-16-6-8-17(9-7-16)22-13-20(12-18-4-2-3-5-21(18)22)27-15-23(25)24-19-10-11-19/h2-9,12-13,19H,10-11,14-15H2,1H3,(H,24,25). The number of rotatable bonds is 7. The first-order valence-corrected chi connectivity index (χ1v) is 9.26. The molecule has 3 aromatic rings. The molecule has 0 bridgehead atoms. The summed E-state index contributed by atoms with van der Waals surface area (Å²) in [6, 6.07) is 20.9. The van der Waals surface area contributed by atoms with Gasteiger partial charge in [-0.05, 0) is 52.4 Å². The Morgan fingerprint density at radius 3 is 2.59 bits per heavy atom. The quantitative estimate of drug-likeness (QED) is 0.682. The number of carbonyl (C=O) groups is 1. The molecule has 0 radical (unpaired) electrons. The Bertz CT molecular complexity index is 945. The van der Waals surface area contributed by atoms with Crippen LogP contribution in [0.5, 0.6) is 5.75 Å². The van der Waals surface area contributed by atoms with Gasteiger partial charge in [0.2, 0.25) is 0 Å². The second-order valence-corrected chi connectivity index (χ2v) is 6.95. The SMILES string of the molecule is COCc1ccc(-c2cc(OCC(=O)NC3CC3)cc3ccccc23)cc1. The molecule has 0 atom stereocenters. The van der Waals surface area contributed by atoms with Crippen molar-refractivity contribution in [2.75, 3.05) is 13.7 Å². The number of amides is 1. The number of ether oxygens (including phenoxy) is 2. The van der Waals surface area contributed by atoms with Crippen molar-refractivity contribution in [3.63, 3.8) is 0 Å². The molecule has 4 nitrogen and oxygen atoms in total. The van der Waals surface area contributed by atoms with E-state index in [9.17, 15) is 4.79 Å². The maximum atomic E-state index is 11.9. The topological polar surface area (TPSA) is 47.6 Å². The third kappa shape index (κ3) is 4.29. The predicted molar refractivity (Wildman–Crippen MR) is 107 cm³/mol. The highest BCUT2D eigenvalue weighted by Gasteiger charge is 2.23. The van der Waals surface area contributed by atoms with Gasteiger partial charge in [-0.1, -0.05) is 48.5 Å². The summed E-state index contributed by atoms with van der Waals surface area (Å²) < 4.78 is 11.0. The van der Waals surface area contributed by atoms with Crippen LogP contribution < -0.4 is 10.1 Å². The van der Waals surface area contributed by atoms with Crippen LogP contribution in [0.25, 0.3) is 21.9 Å². The summed E-state index contributed by atoms with van der Waals surface area (Å²) >= 11 is 0. The predicted octanol–water partition coefficient (Wildman–Crippen LogP) is 4.31. The fourth-order valence-corrected chi connectivity index (χ4v) is 3.20. The first-order chi connectivity index (χ1) is 13.2. The molecular weight excluding hydrogens is 338 g/mol. The molecule has 1 aliphatic carbocycles. The summed E-state index contributed by atoms with van der Waals surface area (Å²) in [7, 11) is 1.70.